The standard InChI is InChI=1S/C17H21NO3/c1-3-13-5-7-14(8-6-13)15-9-10-16(21-15)17(20)18(4-2)11-12-19/h5-10,19H,3-4,11-12H2,1-2H3. The third kappa shape index (κ3) is 3.52. The number of aliphatic hydroxyl groups is 1. The molecule has 0 atom stereocenters. The Balaban J connectivity index is 2.18. The van der Waals surface area contributed by atoms with E-state index < -0.39 is 0 Å². The Bertz CT molecular complexity index is 586. The average Bonchev–Trinajstić information content (AvgIpc) is 3.02. The molecule has 0 saturated carbocycles. The van der Waals surface area contributed by atoms with Gasteiger partial charge in [0.25, 0.3) is 5.91 Å². The highest BCUT2D eigenvalue weighted by Gasteiger charge is 2.17. The smallest absolute Gasteiger partial charge is 0.289 e. The number of likely N-dealkylation sites (N-methyl/N-ethyl adjacent to an activating group) is 1. The highest BCUT2D eigenvalue weighted by Crippen LogP contribution is 2.23. The van der Waals surface area contributed by atoms with Crippen molar-refractivity contribution in [3.05, 3.63) is 47.7 Å². The number of hydrogen-bond acceptors (Lipinski definition) is 3. The predicted octanol–water partition coefficient (Wildman–Crippen LogP) is 2.96. The number of aliphatic hydroxyl groups excluding tert-OH is 1. The summed E-state index contributed by atoms with van der Waals surface area (Å²) in [6, 6.07) is 11.6. The summed E-state index contributed by atoms with van der Waals surface area (Å²) >= 11 is 0. The molecule has 2 rings (SSSR count). The molecule has 1 N–H and O–H groups in total. The van der Waals surface area contributed by atoms with E-state index in [4.69, 9.17) is 9.52 Å². The van der Waals surface area contributed by atoms with E-state index in [9.17, 15) is 4.79 Å². The number of hydrogen-bond donors (Lipinski definition) is 1. The van der Waals surface area contributed by atoms with Crippen LogP contribution in [-0.4, -0.2) is 35.6 Å². The van der Waals surface area contributed by atoms with Gasteiger partial charge in [-0.15, -0.1) is 0 Å². The number of aryl methyl sites for hydroxylation is 1. The summed E-state index contributed by atoms with van der Waals surface area (Å²) in [6.45, 7) is 4.79. The first-order valence-corrected chi connectivity index (χ1v) is 7.28. The summed E-state index contributed by atoms with van der Waals surface area (Å²) in [4.78, 5) is 13.8. The summed E-state index contributed by atoms with van der Waals surface area (Å²) in [6.07, 6.45) is 0.995. The molecule has 1 heterocycles. The van der Waals surface area contributed by atoms with E-state index in [0.29, 0.717) is 24.6 Å². The lowest BCUT2D eigenvalue weighted by Gasteiger charge is -2.17. The number of amides is 1. The Hall–Kier alpha value is -2.07. The number of nitrogens with zero attached hydrogens (tertiary/aromatic N) is 1. The second kappa shape index (κ2) is 7.09. The van der Waals surface area contributed by atoms with Gasteiger partial charge in [0.05, 0.1) is 6.61 Å². The molecule has 112 valence electrons. The van der Waals surface area contributed by atoms with Gasteiger partial charge in [-0.1, -0.05) is 31.2 Å². The quantitative estimate of drug-likeness (QED) is 0.888. The lowest BCUT2D eigenvalue weighted by molar-refractivity contribution is 0.0701. The van der Waals surface area contributed by atoms with Crippen molar-refractivity contribution in [2.75, 3.05) is 19.7 Å². The molecular formula is C17H21NO3. The van der Waals surface area contributed by atoms with Gasteiger partial charge in [0.15, 0.2) is 5.76 Å². The zero-order chi connectivity index (χ0) is 15.2. The van der Waals surface area contributed by atoms with Crippen LogP contribution in [0.2, 0.25) is 0 Å². The lowest BCUT2D eigenvalue weighted by Crippen LogP contribution is -2.33. The van der Waals surface area contributed by atoms with Gasteiger partial charge in [0.1, 0.15) is 5.76 Å². The van der Waals surface area contributed by atoms with Crippen molar-refractivity contribution < 1.29 is 14.3 Å². The first-order chi connectivity index (χ1) is 10.2. The van der Waals surface area contributed by atoms with Crippen LogP contribution in [-0.2, 0) is 6.42 Å². The summed E-state index contributed by atoms with van der Waals surface area (Å²) in [5, 5.41) is 8.97. The molecule has 0 radical (unpaired) electrons. The zero-order valence-corrected chi connectivity index (χ0v) is 12.5. The SMILES string of the molecule is CCc1ccc(-c2ccc(C(=O)N(CC)CCO)o2)cc1. The van der Waals surface area contributed by atoms with Crippen molar-refractivity contribution in [1.82, 2.24) is 4.90 Å². The van der Waals surface area contributed by atoms with E-state index in [0.717, 1.165) is 12.0 Å². The topological polar surface area (TPSA) is 53.7 Å². The van der Waals surface area contributed by atoms with Crippen LogP contribution in [0.5, 0.6) is 0 Å². The van der Waals surface area contributed by atoms with Crippen LogP contribution in [0.15, 0.2) is 40.8 Å². The predicted molar refractivity (Wildman–Crippen MR) is 82.2 cm³/mol. The van der Waals surface area contributed by atoms with Crippen molar-refractivity contribution in [3.8, 4) is 11.3 Å². The minimum absolute atomic E-state index is 0.0500. The van der Waals surface area contributed by atoms with E-state index >= 15 is 0 Å². The summed E-state index contributed by atoms with van der Waals surface area (Å²) in [5.74, 6) is 0.795. The second-order valence-electron chi connectivity index (χ2n) is 4.82. The normalized spacial score (nSPS) is 10.6. The molecule has 0 saturated heterocycles. The van der Waals surface area contributed by atoms with Gasteiger partial charge >= 0.3 is 0 Å². The molecular weight excluding hydrogens is 266 g/mol. The van der Waals surface area contributed by atoms with Gasteiger partial charge in [-0.2, -0.15) is 0 Å². The molecule has 0 aliphatic heterocycles. The zero-order valence-electron chi connectivity index (χ0n) is 12.5. The number of carbonyl (C=O) groups is 1. The van der Waals surface area contributed by atoms with Crippen LogP contribution in [0.4, 0.5) is 0 Å². The Morgan fingerprint density at radius 1 is 1.14 bits per heavy atom. The number of rotatable bonds is 6. The van der Waals surface area contributed by atoms with Gasteiger partial charge in [0.2, 0.25) is 0 Å². The molecule has 0 fully saturated rings. The Morgan fingerprint density at radius 2 is 1.86 bits per heavy atom. The van der Waals surface area contributed by atoms with Crippen molar-refractivity contribution >= 4 is 5.91 Å². The summed E-state index contributed by atoms with van der Waals surface area (Å²) in [7, 11) is 0. The van der Waals surface area contributed by atoms with Crippen LogP contribution in [0, 0.1) is 0 Å². The van der Waals surface area contributed by atoms with Crippen LogP contribution >= 0.6 is 0 Å². The van der Waals surface area contributed by atoms with Crippen molar-refractivity contribution in [2.45, 2.75) is 20.3 Å². The van der Waals surface area contributed by atoms with Crippen LogP contribution in [0.25, 0.3) is 11.3 Å². The summed E-state index contributed by atoms with van der Waals surface area (Å²) < 4.78 is 5.66. The Kier molecular flexibility index (Phi) is 5.17. The van der Waals surface area contributed by atoms with Crippen molar-refractivity contribution in [3.63, 3.8) is 0 Å². The molecule has 0 aliphatic carbocycles. The fourth-order valence-electron chi connectivity index (χ4n) is 2.19. The number of benzene rings is 1. The van der Waals surface area contributed by atoms with Crippen LogP contribution in [0.3, 0.4) is 0 Å². The van der Waals surface area contributed by atoms with Gasteiger partial charge in [-0.3, -0.25) is 4.79 Å². The highest BCUT2D eigenvalue weighted by atomic mass is 16.4. The average molecular weight is 287 g/mol. The first-order valence-electron chi connectivity index (χ1n) is 7.28. The molecule has 0 bridgehead atoms. The van der Waals surface area contributed by atoms with Crippen LogP contribution in [0.1, 0.15) is 30.0 Å². The van der Waals surface area contributed by atoms with Crippen LogP contribution < -0.4 is 0 Å². The number of furan rings is 1. The molecule has 2 aromatic rings. The lowest BCUT2D eigenvalue weighted by atomic mass is 10.1. The van der Waals surface area contributed by atoms with E-state index in [2.05, 4.69) is 19.1 Å². The van der Waals surface area contributed by atoms with E-state index in [1.54, 1.807) is 17.0 Å². The van der Waals surface area contributed by atoms with E-state index in [-0.39, 0.29) is 12.5 Å². The molecule has 21 heavy (non-hydrogen) atoms. The molecule has 4 nitrogen and oxygen atoms in total. The molecule has 0 unspecified atom stereocenters. The Labute approximate surface area is 125 Å². The Morgan fingerprint density at radius 3 is 2.43 bits per heavy atom. The fourth-order valence-corrected chi connectivity index (χ4v) is 2.19. The highest BCUT2D eigenvalue weighted by molar-refractivity contribution is 5.92. The maximum atomic E-state index is 12.2. The van der Waals surface area contributed by atoms with E-state index in [1.807, 2.05) is 19.1 Å². The third-order valence-electron chi connectivity index (χ3n) is 3.50. The fraction of sp³-hybridized carbons (Fsp3) is 0.353. The minimum atomic E-state index is -0.192. The molecule has 1 aromatic heterocycles. The largest absolute Gasteiger partial charge is 0.451 e. The monoisotopic (exact) mass is 287 g/mol. The third-order valence-corrected chi connectivity index (χ3v) is 3.50. The molecule has 1 amide bonds. The van der Waals surface area contributed by atoms with Gasteiger partial charge in [-0.25, -0.2) is 0 Å². The maximum absolute atomic E-state index is 12.2. The molecule has 0 spiro atoms. The number of carbonyl (C=O) groups excluding carboxylic acids is 1. The molecule has 0 aliphatic rings. The minimum Gasteiger partial charge on any atom is -0.451 e. The van der Waals surface area contributed by atoms with Gasteiger partial charge in [0, 0.05) is 18.7 Å². The molecule has 1 aromatic carbocycles. The molecule has 4 heteroatoms. The maximum Gasteiger partial charge on any atom is 0.289 e. The first kappa shape index (κ1) is 15.3. The van der Waals surface area contributed by atoms with E-state index in [1.165, 1.54) is 5.56 Å². The van der Waals surface area contributed by atoms with Gasteiger partial charge < -0.3 is 14.4 Å². The van der Waals surface area contributed by atoms with Gasteiger partial charge in [-0.05, 0) is 31.0 Å². The summed E-state index contributed by atoms with van der Waals surface area (Å²) in [5.41, 5.74) is 2.22. The van der Waals surface area contributed by atoms with Crippen molar-refractivity contribution in [1.29, 1.82) is 0 Å². The second-order valence-corrected chi connectivity index (χ2v) is 4.82. The van der Waals surface area contributed by atoms with Crippen molar-refractivity contribution in [2.24, 2.45) is 0 Å².